The van der Waals surface area contributed by atoms with Gasteiger partial charge in [-0.25, -0.2) is 9.18 Å². The van der Waals surface area contributed by atoms with Gasteiger partial charge >= 0.3 is 5.69 Å². The van der Waals surface area contributed by atoms with E-state index in [9.17, 15) is 9.18 Å². The number of rotatable bonds is 2. The fourth-order valence-corrected chi connectivity index (χ4v) is 2.63. The Hall–Kier alpha value is -1.62. The topological polar surface area (TPSA) is 49.8 Å². The normalized spacial score (nSPS) is 20.4. The molecule has 2 heterocycles. The van der Waals surface area contributed by atoms with Crippen molar-refractivity contribution >= 4 is 11.0 Å². The number of aromatic amines is 1. The number of aromatic nitrogens is 2. The molecule has 1 aromatic carbocycles. The van der Waals surface area contributed by atoms with E-state index < -0.39 is 0 Å². The summed E-state index contributed by atoms with van der Waals surface area (Å²) in [4.78, 5) is 14.5. The van der Waals surface area contributed by atoms with E-state index in [2.05, 4.69) is 10.3 Å². The first kappa shape index (κ1) is 11.5. The maximum absolute atomic E-state index is 13.6. The Morgan fingerprint density at radius 3 is 3.06 bits per heavy atom. The highest BCUT2D eigenvalue weighted by Crippen LogP contribution is 2.15. The lowest BCUT2D eigenvalue weighted by Gasteiger charge is -2.23. The molecule has 2 N–H and O–H groups in total. The van der Waals surface area contributed by atoms with Gasteiger partial charge in [-0.3, -0.25) is 4.57 Å². The van der Waals surface area contributed by atoms with Gasteiger partial charge in [0.25, 0.3) is 0 Å². The summed E-state index contributed by atoms with van der Waals surface area (Å²) in [5.41, 5.74) is 0.716. The molecule has 0 aliphatic carbocycles. The fraction of sp³-hybridized carbons (Fsp3) is 0.462. The Morgan fingerprint density at radius 1 is 1.39 bits per heavy atom. The molecular formula is C13H16FN3O. The molecule has 0 saturated carbocycles. The van der Waals surface area contributed by atoms with Gasteiger partial charge in [0.1, 0.15) is 11.3 Å². The average Bonchev–Trinajstić information content (AvgIpc) is 2.70. The largest absolute Gasteiger partial charge is 0.326 e. The minimum atomic E-state index is -0.375. The van der Waals surface area contributed by atoms with Crippen LogP contribution in [-0.2, 0) is 6.54 Å². The number of para-hydroxylation sites is 1. The first-order chi connectivity index (χ1) is 8.75. The summed E-state index contributed by atoms with van der Waals surface area (Å²) >= 11 is 0. The monoisotopic (exact) mass is 249 g/mol. The maximum atomic E-state index is 13.6. The smallest absolute Gasteiger partial charge is 0.312 e. The van der Waals surface area contributed by atoms with Crippen molar-refractivity contribution in [1.82, 2.24) is 14.9 Å². The quantitative estimate of drug-likeness (QED) is 0.849. The van der Waals surface area contributed by atoms with Gasteiger partial charge in [0.2, 0.25) is 0 Å². The van der Waals surface area contributed by atoms with Crippen LogP contribution in [0.4, 0.5) is 4.39 Å². The zero-order valence-electron chi connectivity index (χ0n) is 10.1. The third-order valence-electron chi connectivity index (χ3n) is 3.57. The molecule has 1 aliphatic heterocycles. The molecule has 1 fully saturated rings. The lowest BCUT2D eigenvalue weighted by Crippen LogP contribution is -2.39. The molecule has 0 amide bonds. The van der Waals surface area contributed by atoms with Crippen molar-refractivity contribution in [1.29, 1.82) is 0 Å². The van der Waals surface area contributed by atoms with E-state index in [1.165, 1.54) is 18.9 Å². The van der Waals surface area contributed by atoms with Crippen molar-refractivity contribution in [3.05, 3.63) is 34.5 Å². The molecule has 1 unspecified atom stereocenters. The summed E-state index contributed by atoms with van der Waals surface area (Å²) < 4.78 is 15.2. The van der Waals surface area contributed by atoms with Crippen LogP contribution in [0.15, 0.2) is 23.0 Å². The molecule has 0 bridgehead atoms. The molecule has 2 aromatic rings. The first-order valence-corrected chi connectivity index (χ1v) is 6.36. The number of nitrogens with one attached hydrogen (secondary N) is 2. The predicted molar refractivity (Wildman–Crippen MR) is 68.2 cm³/mol. The Bertz CT molecular complexity index is 610. The maximum Gasteiger partial charge on any atom is 0.326 e. The highest BCUT2D eigenvalue weighted by atomic mass is 19.1. The van der Waals surface area contributed by atoms with Crippen molar-refractivity contribution in [3.63, 3.8) is 0 Å². The van der Waals surface area contributed by atoms with Crippen LogP contribution >= 0.6 is 0 Å². The van der Waals surface area contributed by atoms with E-state index >= 15 is 0 Å². The molecule has 1 aromatic heterocycles. The molecule has 1 saturated heterocycles. The zero-order chi connectivity index (χ0) is 12.5. The van der Waals surface area contributed by atoms with E-state index in [1.54, 1.807) is 16.7 Å². The second-order valence-electron chi connectivity index (χ2n) is 4.82. The summed E-state index contributed by atoms with van der Waals surface area (Å²) in [7, 11) is 0. The molecule has 96 valence electrons. The number of fused-ring (bicyclic) bond motifs is 1. The van der Waals surface area contributed by atoms with Crippen molar-refractivity contribution in [2.45, 2.75) is 31.8 Å². The summed E-state index contributed by atoms with van der Waals surface area (Å²) in [6.45, 7) is 1.60. The van der Waals surface area contributed by atoms with E-state index in [0.717, 1.165) is 13.0 Å². The fourth-order valence-electron chi connectivity index (χ4n) is 2.63. The molecule has 5 heteroatoms. The van der Waals surface area contributed by atoms with Crippen LogP contribution in [0.1, 0.15) is 19.3 Å². The van der Waals surface area contributed by atoms with Crippen LogP contribution < -0.4 is 11.0 Å². The number of imidazole rings is 1. The third kappa shape index (κ3) is 1.95. The van der Waals surface area contributed by atoms with Crippen LogP contribution in [-0.4, -0.2) is 22.1 Å². The number of hydrogen-bond donors (Lipinski definition) is 2. The van der Waals surface area contributed by atoms with E-state index in [0.29, 0.717) is 23.6 Å². The number of benzene rings is 1. The van der Waals surface area contributed by atoms with Crippen molar-refractivity contribution in [3.8, 4) is 0 Å². The van der Waals surface area contributed by atoms with Crippen molar-refractivity contribution in [2.75, 3.05) is 6.54 Å². The summed E-state index contributed by atoms with van der Waals surface area (Å²) in [5.74, 6) is -0.375. The first-order valence-electron chi connectivity index (χ1n) is 6.36. The molecule has 1 aliphatic rings. The average molecular weight is 249 g/mol. The number of hydrogen-bond acceptors (Lipinski definition) is 2. The Balaban J connectivity index is 1.98. The number of piperidine rings is 1. The minimum absolute atomic E-state index is 0.234. The van der Waals surface area contributed by atoms with Crippen LogP contribution in [0.2, 0.25) is 0 Å². The van der Waals surface area contributed by atoms with Crippen LogP contribution in [0.3, 0.4) is 0 Å². The van der Waals surface area contributed by atoms with Crippen LogP contribution in [0.5, 0.6) is 0 Å². The summed E-state index contributed by atoms with van der Waals surface area (Å²) in [6, 6.07) is 5.08. The van der Waals surface area contributed by atoms with E-state index in [4.69, 9.17) is 0 Å². The van der Waals surface area contributed by atoms with Gasteiger partial charge in [-0.05, 0) is 31.5 Å². The SMILES string of the molecule is O=c1[nH]c2c(F)cccc2n1CC1CCCCN1. The molecule has 4 nitrogen and oxygen atoms in total. The number of nitrogens with zero attached hydrogens (tertiary/aromatic N) is 1. The van der Waals surface area contributed by atoms with Gasteiger partial charge in [0.15, 0.2) is 0 Å². The van der Waals surface area contributed by atoms with Crippen molar-refractivity contribution < 1.29 is 4.39 Å². The van der Waals surface area contributed by atoms with Gasteiger partial charge in [-0.1, -0.05) is 12.5 Å². The molecular weight excluding hydrogens is 233 g/mol. The Kier molecular flexibility index (Phi) is 2.91. The highest BCUT2D eigenvalue weighted by molar-refractivity contribution is 5.75. The number of halogens is 1. The van der Waals surface area contributed by atoms with Gasteiger partial charge in [-0.15, -0.1) is 0 Å². The van der Waals surface area contributed by atoms with Crippen LogP contribution in [0, 0.1) is 5.82 Å². The summed E-state index contributed by atoms with van der Waals surface area (Å²) in [5, 5.41) is 3.40. The van der Waals surface area contributed by atoms with Crippen molar-refractivity contribution in [2.24, 2.45) is 0 Å². The summed E-state index contributed by atoms with van der Waals surface area (Å²) in [6.07, 6.45) is 3.44. The number of H-pyrrole nitrogens is 1. The van der Waals surface area contributed by atoms with E-state index in [1.807, 2.05) is 0 Å². The minimum Gasteiger partial charge on any atom is -0.312 e. The standard InChI is InChI=1S/C13H16FN3O/c14-10-5-3-6-11-12(10)16-13(18)17(11)8-9-4-1-2-7-15-9/h3,5-6,9,15H,1-2,4,7-8H2,(H,16,18). The zero-order valence-corrected chi connectivity index (χ0v) is 10.1. The molecule has 3 rings (SSSR count). The lowest BCUT2D eigenvalue weighted by molar-refractivity contribution is 0.363. The van der Waals surface area contributed by atoms with Gasteiger partial charge in [0, 0.05) is 12.6 Å². The second kappa shape index (κ2) is 4.57. The Labute approximate surface area is 104 Å². The van der Waals surface area contributed by atoms with E-state index in [-0.39, 0.29) is 11.5 Å². The van der Waals surface area contributed by atoms with Gasteiger partial charge < -0.3 is 10.3 Å². The molecule has 0 radical (unpaired) electrons. The molecule has 1 atom stereocenters. The predicted octanol–water partition coefficient (Wildman–Crippen LogP) is 1.61. The van der Waals surface area contributed by atoms with Gasteiger partial charge in [-0.2, -0.15) is 0 Å². The second-order valence-corrected chi connectivity index (χ2v) is 4.82. The Morgan fingerprint density at radius 2 is 2.28 bits per heavy atom. The van der Waals surface area contributed by atoms with Crippen LogP contribution in [0.25, 0.3) is 11.0 Å². The molecule has 18 heavy (non-hydrogen) atoms. The van der Waals surface area contributed by atoms with Gasteiger partial charge in [0.05, 0.1) is 5.52 Å². The third-order valence-corrected chi connectivity index (χ3v) is 3.57. The molecule has 0 spiro atoms. The highest BCUT2D eigenvalue weighted by Gasteiger charge is 2.16. The lowest BCUT2D eigenvalue weighted by atomic mass is 10.1.